The molecule has 1 nitrogen and oxygen atoms in total. The van der Waals surface area contributed by atoms with Crippen molar-refractivity contribution in [3.63, 3.8) is 0 Å². The first-order valence-corrected chi connectivity index (χ1v) is 10.4. The highest BCUT2D eigenvalue weighted by atomic mass is 19.2. The SMILES string of the molecule is CCCCCc1ccc(-c2ccc(C3CCC(CC)OC3)c(F)c2F)c(F)c1. The van der Waals surface area contributed by atoms with Crippen LogP contribution in [-0.4, -0.2) is 12.7 Å². The van der Waals surface area contributed by atoms with Crippen molar-refractivity contribution in [3.8, 4) is 11.1 Å². The molecule has 2 aromatic carbocycles. The van der Waals surface area contributed by atoms with Crippen molar-refractivity contribution in [2.24, 2.45) is 0 Å². The zero-order chi connectivity index (χ0) is 20.1. The minimum Gasteiger partial charge on any atom is -0.378 e. The van der Waals surface area contributed by atoms with E-state index in [9.17, 15) is 13.2 Å². The summed E-state index contributed by atoms with van der Waals surface area (Å²) >= 11 is 0. The minimum atomic E-state index is -0.979. The van der Waals surface area contributed by atoms with E-state index in [2.05, 4.69) is 13.8 Å². The number of aryl methyl sites for hydroxylation is 1. The minimum absolute atomic E-state index is 0.0259. The molecule has 0 saturated carbocycles. The van der Waals surface area contributed by atoms with E-state index in [0.29, 0.717) is 12.2 Å². The molecule has 4 heteroatoms. The predicted octanol–water partition coefficient (Wildman–Crippen LogP) is 7.18. The third-order valence-corrected chi connectivity index (χ3v) is 5.77. The Labute approximate surface area is 165 Å². The maximum atomic E-state index is 14.8. The lowest BCUT2D eigenvalue weighted by Gasteiger charge is -2.29. The number of hydrogen-bond donors (Lipinski definition) is 0. The first-order chi connectivity index (χ1) is 13.5. The lowest BCUT2D eigenvalue weighted by atomic mass is 9.89. The van der Waals surface area contributed by atoms with Crippen molar-refractivity contribution < 1.29 is 17.9 Å². The Morgan fingerprint density at radius 3 is 2.36 bits per heavy atom. The molecule has 1 aliphatic heterocycles. The van der Waals surface area contributed by atoms with E-state index in [1.165, 1.54) is 12.1 Å². The summed E-state index contributed by atoms with van der Waals surface area (Å²) < 4.78 is 49.9. The van der Waals surface area contributed by atoms with Gasteiger partial charge in [0.25, 0.3) is 0 Å². The van der Waals surface area contributed by atoms with Crippen LogP contribution in [0.25, 0.3) is 11.1 Å². The standard InChI is InChI=1S/C24H29F3O/c1-3-5-6-7-16-8-11-20(22(25)14-16)21-13-12-19(23(26)24(21)27)17-9-10-18(4-2)28-15-17/h8,11-14,17-18H,3-7,9-10,15H2,1-2H3. The van der Waals surface area contributed by atoms with Gasteiger partial charge in [-0.3, -0.25) is 0 Å². The molecule has 1 heterocycles. The lowest BCUT2D eigenvalue weighted by Crippen LogP contribution is -2.24. The zero-order valence-corrected chi connectivity index (χ0v) is 16.7. The van der Waals surface area contributed by atoms with Crippen LogP contribution in [0.3, 0.4) is 0 Å². The van der Waals surface area contributed by atoms with Gasteiger partial charge in [-0.05, 0) is 49.3 Å². The normalized spacial score (nSPS) is 19.8. The Balaban J connectivity index is 1.81. The lowest BCUT2D eigenvalue weighted by molar-refractivity contribution is 0.00131. The van der Waals surface area contributed by atoms with Crippen LogP contribution in [0.4, 0.5) is 13.2 Å². The van der Waals surface area contributed by atoms with Crippen LogP contribution >= 0.6 is 0 Å². The molecule has 1 aliphatic rings. The highest BCUT2D eigenvalue weighted by molar-refractivity contribution is 5.66. The van der Waals surface area contributed by atoms with E-state index < -0.39 is 17.5 Å². The summed E-state index contributed by atoms with van der Waals surface area (Å²) in [5.41, 5.74) is 1.29. The number of ether oxygens (including phenoxy) is 1. The molecule has 0 aliphatic carbocycles. The summed E-state index contributed by atoms with van der Waals surface area (Å²) in [4.78, 5) is 0. The molecule has 0 spiro atoms. The largest absolute Gasteiger partial charge is 0.378 e. The van der Waals surface area contributed by atoms with E-state index in [1.807, 2.05) is 0 Å². The van der Waals surface area contributed by atoms with Gasteiger partial charge in [0.1, 0.15) is 5.82 Å². The van der Waals surface area contributed by atoms with Gasteiger partial charge < -0.3 is 4.74 Å². The smallest absolute Gasteiger partial charge is 0.167 e. The van der Waals surface area contributed by atoms with Gasteiger partial charge in [0, 0.05) is 17.0 Å². The summed E-state index contributed by atoms with van der Waals surface area (Å²) in [5.74, 6) is -2.52. The summed E-state index contributed by atoms with van der Waals surface area (Å²) in [6, 6.07) is 7.89. The molecule has 0 amide bonds. The first-order valence-electron chi connectivity index (χ1n) is 10.4. The number of benzene rings is 2. The number of hydrogen-bond acceptors (Lipinski definition) is 1. The fourth-order valence-electron chi connectivity index (χ4n) is 3.97. The highest BCUT2D eigenvalue weighted by Gasteiger charge is 2.26. The summed E-state index contributed by atoms with van der Waals surface area (Å²) in [6.07, 6.45) is 6.73. The van der Waals surface area contributed by atoms with Crippen LogP contribution in [0.5, 0.6) is 0 Å². The molecule has 1 saturated heterocycles. The molecule has 1 fully saturated rings. The van der Waals surface area contributed by atoms with Gasteiger partial charge in [-0.2, -0.15) is 0 Å². The number of unbranched alkanes of at least 4 members (excludes halogenated alkanes) is 2. The van der Waals surface area contributed by atoms with Gasteiger partial charge in [0.2, 0.25) is 0 Å². The Morgan fingerprint density at radius 2 is 1.71 bits per heavy atom. The molecule has 0 bridgehead atoms. The van der Waals surface area contributed by atoms with Crippen molar-refractivity contribution in [1.82, 2.24) is 0 Å². The van der Waals surface area contributed by atoms with E-state index in [0.717, 1.165) is 50.5 Å². The van der Waals surface area contributed by atoms with E-state index in [-0.39, 0.29) is 23.1 Å². The first kappa shape index (κ1) is 20.9. The van der Waals surface area contributed by atoms with Gasteiger partial charge in [-0.25, -0.2) is 13.2 Å². The fourth-order valence-corrected chi connectivity index (χ4v) is 3.97. The van der Waals surface area contributed by atoms with Gasteiger partial charge >= 0.3 is 0 Å². The third kappa shape index (κ3) is 4.60. The fraction of sp³-hybridized carbons (Fsp3) is 0.500. The van der Waals surface area contributed by atoms with Gasteiger partial charge in [0.15, 0.2) is 11.6 Å². The molecule has 0 aromatic heterocycles. The second kappa shape index (κ2) is 9.60. The monoisotopic (exact) mass is 390 g/mol. The van der Waals surface area contributed by atoms with E-state index in [1.54, 1.807) is 18.2 Å². The van der Waals surface area contributed by atoms with Crippen molar-refractivity contribution in [1.29, 1.82) is 0 Å². The molecule has 0 radical (unpaired) electrons. The van der Waals surface area contributed by atoms with Crippen molar-refractivity contribution in [2.75, 3.05) is 6.61 Å². The Hall–Kier alpha value is -1.81. The average Bonchev–Trinajstić information content (AvgIpc) is 2.71. The van der Waals surface area contributed by atoms with E-state index in [4.69, 9.17) is 4.74 Å². The second-order valence-electron chi connectivity index (χ2n) is 7.74. The van der Waals surface area contributed by atoms with Crippen LogP contribution in [-0.2, 0) is 11.2 Å². The quantitative estimate of drug-likeness (QED) is 0.455. The van der Waals surface area contributed by atoms with Crippen LogP contribution < -0.4 is 0 Å². The Kier molecular flexibility index (Phi) is 7.17. The summed E-state index contributed by atoms with van der Waals surface area (Å²) in [6.45, 7) is 4.57. The molecule has 0 N–H and O–H groups in total. The molecule has 3 rings (SSSR count). The highest BCUT2D eigenvalue weighted by Crippen LogP contribution is 2.35. The van der Waals surface area contributed by atoms with Crippen LogP contribution in [0.1, 0.15) is 69.4 Å². The molecule has 2 unspecified atom stereocenters. The molecule has 2 atom stereocenters. The summed E-state index contributed by atoms with van der Waals surface area (Å²) in [5, 5.41) is 0. The molecule has 2 aromatic rings. The predicted molar refractivity (Wildman–Crippen MR) is 107 cm³/mol. The Bertz CT molecular complexity index is 795. The molecule has 28 heavy (non-hydrogen) atoms. The van der Waals surface area contributed by atoms with Crippen LogP contribution in [0.2, 0.25) is 0 Å². The third-order valence-electron chi connectivity index (χ3n) is 5.77. The van der Waals surface area contributed by atoms with Crippen LogP contribution in [0, 0.1) is 17.5 Å². The van der Waals surface area contributed by atoms with Crippen molar-refractivity contribution in [3.05, 3.63) is 58.9 Å². The number of halogens is 3. The van der Waals surface area contributed by atoms with Gasteiger partial charge in [0.05, 0.1) is 12.7 Å². The average molecular weight is 390 g/mol. The van der Waals surface area contributed by atoms with Crippen LogP contribution in [0.15, 0.2) is 30.3 Å². The maximum absolute atomic E-state index is 14.8. The van der Waals surface area contributed by atoms with Gasteiger partial charge in [-0.15, -0.1) is 0 Å². The topological polar surface area (TPSA) is 9.23 Å². The molecular weight excluding hydrogens is 361 g/mol. The van der Waals surface area contributed by atoms with Crippen molar-refractivity contribution >= 4 is 0 Å². The second-order valence-corrected chi connectivity index (χ2v) is 7.74. The van der Waals surface area contributed by atoms with E-state index >= 15 is 0 Å². The number of rotatable bonds is 7. The zero-order valence-electron chi connectivity index (χ0n) is 16.7. The maximum Gasteiger partial charge on any atom is 0.167 e. The molecular formula is C24H29F3O. The molecule has 152 valence electrons. The van der Waals surface area contributed by atoms with Crippen molar-refractivity contribution in [2.45, 2.75) is 70.8 Å². The Morgan fingerprint density at radius 1 is 0.929 bits per heavy atom. The summed E-state index contributed by atoms with van der Waals surface area (Å²) in [7, 11) is 0. The van der Waals surface area contributed by atoms with Gasteiger partial charge in [-0.1, -0.05) is 51.0 Å².